The molecular weight excluding hydrogens is 550 g/mol. The second kappa shape index (κ2) is 13.8. The Bertz CT molecular complexity index is 1320. The van der Waals surface area contributed by atoms with Crippen molar-refractivity contribution in [1.82, 2.24) is 4.98 Å². The molecule has 0 fully saturated rings. The van der Waals surface area contributed by atoms with Crippen LogP contribution in [-0.2, 0) is 9.53 Å². The maximum absolute atomic E-state index is 15.5. The molecule has 6 nitrogen and oxygen atoms in total. The van der Waals surface area contributed by atoms with E-state index in [1.807, 2.05) is 6.92 Å². The highest BCUT2D eigenvalue weighted by Crippen LogP contribution is 2.33. The molecule has 3 aromatic rings. The van der Waals surface area contributed by atoms with Crippen molar-refractivity contribution >= 4 is 57.6 Å². The van der Waals surface area contributed by atoms with Crippen molar-refractivity contribution in [1.29, 1.82) is 0 Å². The van der Waals surface area contributed by atoms with Crippen molar-refractivity contribution in [3.63, 3.8) is 0 Å². The lowest BCUT2D eigenvalue weighted by Crippen LogP contribution is -2.12. The molecule has 38 heavy (non-hydrogen) atoms. The standard InChI is InChI=1S/C28H29Cl2FN2O4S/c1-4-6-7-11-37-24(5-2)19-10-8-9-18(25(19)31)23-15-38-28(32-23)33-26(34)17-13-21(29)20(22(30)14-17)12-16(3)27(35)36/h8-10,12-15,24H,4-7,11H2,1-3H3,(H,35,36)(H,32,33,34)/b16-12+. The van der Waals surface area contributed by atoms with Gasteiger partial charge in [-0.2, -0.15) is 0 Å². The lowest BCUT2D eigenvalue weighted by Gasteiger charge is -2.18. The summed E-state index contributed by atoms with van der Waals surface area (Å²) in [4.78, 5) is 28.4. The van der Waals surface area contributed by atoms with E-state index in [1.54, 1.807) is 23.6 Å². The van der Waals surface area contributed by atoms with Crippen LogP contribution in [0.1, 0.15) is 74.0 Å². The molecule has 1 unspecified atom stereocenters. The van der Waals surface area contributed by atoms with E-state index in [9.17, 15) is 9.59 Å². The fourth-order valence-electron chi connectivity index (χ4n) is 3.76. The minimum absolute atomic E-state index is 0.0472. The number of unbranched alkanes of at least 4 members (excludes halogenated alkanes) is 2. The number of anilines is 1. The number of hydrogen-bond acceptors (Lipinski definition) is 5. The van der Waals surface area contributed by atoms with E-state index < -0.39 is 17.7 Å². The van der Waals surface area contributed by atoms with Crippen molar-refractivity contribution in [2.24, 2.45) is 0 Å². The first-order valence-corrected chi connectivity index (χ1v) is 13.9. The minimum Gasteiger partial charge on any atom is -0.478 e. The number of benzene rings is 2. The van der Waals surface area contributed by atoms with E-state index in [4.69, 9.17) is 33.0 Å². The Balaban J connectivity index is 1.78. The van der Waals surface area contributed by atoms with Gasteiger partial charge >= 0.3 is 5.97 Å². The number of carbonyl (C=O) groups excluding carboxylic acids is 1. The van der Waals surface area contributed by atoms with Gasteiger partial charge < -0.3 is 9.84 Å². The molecule has 0 aliphatic heterocycles. The Morgan fingerprint density at radius 1 is 1.21 bits per heavy atom. The van der Waals surface area contributed by atoms with Crippen molar-refractivity contribution in [3.05, 3.63) is 73.8 Å². The summed E-state index contributed by atoms with van der Waals surface area (Å²) in [5.41, 5.74) is 1.72. The first kappa shape index (κ1) is 29.8. The normalized spacial score (nSPS) is 12.4. The molecule has 1 atom stereocenters. The van der Waals surface area contributed by atoms with Crippen molar-refractivity contribution < 1.29 is 23.8 Å². The number of rotatable bonds is 12. The Kier molecular flexibility index (Phi) is 10.8. The van der Waals surface area contributed by atoms with Crippen molar-refractivity contribution in [2.45, 2.75) is 52.6 Å². The molecule has 202 valence electrons. The first-order valence-electron chi connectivity index (χ1n) is 12.2. The van der Waals surface area contributed by atoms with Gasteiger partial charge in [-0.05, 0) is 44.0 Å². The van der Waals surface area contributed by atoms with Crippen LogP contribution in [0.3, 0.4) is 0 Å². The monoisotopic (exact) mass is 578 g/mol. The lowest BCUT2D eigenvalue weighted by molar-refractivity contribution is -0.132. The zero-order chi connectivity index (χ0) is 27.8. The highest BCUT2D eigenvalue weighted by molar-refractivity contribution is 7.14. The summed E-state index contributed by atoms with van der Waals surface area (Å²) in [5, 5.41) is 14.0. The minimum atomic E-state index is -1.11. The number of ether oxygens (including phenoxy) is 1. The van der Waals surface area contributed by atoms with Gasteiger partial charge in [0.15, 0.2) is 5.13 Å². The summed E-state index contributed by atoms with van der Waals surface area (Å²) in [6.45, 7) is 6.07. The third kappa shape index (κ3) is 7.41. The van der Waals surface area contributed by atoms with Gasteiger partial charge in [-0.15, -0.1) is 11.3 Å². The highest BCUT2D eigenvalue weighted by atomic mass is 35.5. The Morgan fingerprint density at radius 2 is 1.92 bits per heavy atom. The average molecular weight is 580 g/mol. The van der Waals surface area contributed by atoms with Crippen LogP contribution in [0, 0.1) is 5.82 Å². The van der Waals surface area contributed by atoms with Crippen molar-refractivity contribution in [2.75, 3.05) is 11.9 Å². The van der Waals surface area contributed by atoms with Crippen LogP contribution in [0.4, 0.5) is 9.52 Å². The van der Waals surface area contributed by atoms with E-state index in [-0.39, 0.29) is 32.4 Å². The molecule has 1 amide bonds. The molecule has 0 aliphatic rings. The number of aliphatic carboxylic acids is 1. The second-order valence-corrected chi connectivity index (χ2v) is 10.3. The van der Waals surface area contributed by atoms with Crippen LogP contribution in [0.5, 0.6) is 0 Å². The van der Waals surface area contributed by atoms with Crippen molar-refractivity contribution in [3.8, 4) is 11.3 Å². The summed E-state index contributed by atoms with van der Waals surface area (Å²) in [6, 6.07) is 7.94. The number of thiazole rings is 1. The summed E-state index contributed by atoms with van der Waals surface area (Å²) in [5.74, 6) is -2.01. The summed E-state index contributed by atoms with van der Waals surface area (Å²) in [7, 11) is 0. The lowest BCUT2D eigenvalue weighted by atomic mass is 10.0. The average Bonchev–Trinajstić information content (AvgIpc) is 3.34. The molecule has 0 spiro atoms. The van der Waals surface area contributed by atoms with Gasteiger partial charge in [-0.3, -0.25) is 10.1 Å². The molecule has 10 heteroatoms. The maximum Gasteiger partial charge on any atom is 0.331 e. The van der Waals surface area contributed by atoms with Crippen LogP contribution >= 0.6 is 34.5 Å². The number of carboxylic acids is 1. The van der Waals surface area contributed by atoms with Crippen LogP contribution in [0.15, 0.2) is 41.3 Å². The zero-order valence-corrected chi connectivity index (χ0v) is 23.6. The SMILES string of the molecule is CCCCCOC(CC)c1cccc(-c2csc(NC(=O)c3cc(Cl)c(/C=C(\C)C(=O)O)c(Cl)c3)n2)c1F. The van der Waals surface area contributed by atoms with Crippen LogP contribution in [0.2, 0.25) is 10.0 Å². The molecule has 0 aliphatic carbocycles. The molecule has 1 heterocycles. The zero-order valence-electron chi connectivity index (χ0n) is 21.3. The number of hydrogen-bond donors (Lipinski definition) is 2. The molecule has 0 bridgehead atoms. The van der Waals surface area contributed by atoms with Gasteiger partial charge in [0.05, 0.1) is 21.8 Å². The van der Waals surface area contributed by atoms with Crippen LogP contribution < -0.4 is 5.32 Å². The van der Waals surface area contributed by atoms with Gasteiger partial charge in [0, 0.05) is 39.8 Å². The van der Waals surface area contributed by atoms with E-state index in [1.165, 1.54) is 25.1 Å². The first-order chi connectivity index (χ1) is 18.2. The van der Waals surface area contributed by atoms with Gasteiger partial charge in [0.1, 0.15) is 5.82 Å². The van der Waals surface area contributed by atoms with Crippen LogP contribution in [0.25, 0.3) is 17.3 Å². The number of carbonyl (C=O) groups is 2. The summed E-state index contributed by atoms with van der Waals surface area (Å²) >= 11 is 13.7. The van der Waals surface area contributed by atoms with Gasteiger partial charge in [0.25, 0.3) is 5.91 Å². The number of carboxylic acid groups (broad SMARTS) is 1. The molecule has 2 aromatic carbocycles. The Hall–Kier alpha value is -2.78. The third-order valence-corrected chi connectivity index (χ3v) is 7.24. The molecule has 1 aromatic heterocycles. The van der Waals surface area contributed by atoms with Crippen LogP contribution in [-0.4, -0.2) is 28.6 Å². The largest absolute Gasteiger partial charge is 0.478 e. The third-order valence-electron chi connectivity index (χ3n) is 5.85. The molecule has 0 saturated heterocycles. The molecule has 2 N–H and O–H groups in total. The summed E-state index contributed by atoms with van der Waals surface area (Å²) < 4.78 is 21.5. The number of nitrogens with zero attached hydrogens (tertiary/aromatic N) is 1. The second-order valence-electron chi connectivity index (χ2n) is 8.66. The Morgan fingerprint density at radius 3 is 2.55 bits per heavy atom. The van der Waals surface area contributed by atoms with E-state index in [2.05, 4.69) is 17.2 Å². The van der Waals surface area contributed by atoms with Gasteiger partial charge in [-0.1, -0.05) is 62.0 Å². The number of nitrogens with one attached hydrogen (secondary N) is 1. The molecule has 0 saturated carbocycles. The molecular formula is C28H29Cl2FN2O4S. The highest BCUT2D eigenvalue weighted by Gasteiger charge is 2.20. The predicted molar refractivity (Wildman–Crippen MR) is 152 cm³/mol. The number of halogens is 3. The van der Waals surface area contributed by atoms with Gasteiger partial charge in [-0.25, -0.2) is 14.2 Å². The predicted octanol–water partition coefficient (Wildman–Crippen LogP) is 8.65. The van der Waals surface area contributed by atoms with E-state index >= 15 is 4.39 Å². The van der Waals surface area contributed by atoms with Gasteiger partial charge in [0.2, 0.25) is 0 Å². The molecule has 3 rings (SSSR count). The topological polar surface area (TPSA) is 88.5 Å². The van der Waals surface area contributed by atoms with E-state index in [0.717, 1.165) is 30.6 Å². The summed E-state index contributed by atoms with van der Waals surface area (Å²) in [6.07, 6.45) is 4.71. The Labute approximate surface area is 235 Å². The quantitative estimate of drug-likeness (QED) is 0.166. The maximum atomic E-state index is 15.5. The smallest absolute Gasteiger partial charge is 0.331 e. The fraction of sp³-hybridized carbons (Fsp3) is 0.321. The fourth-order valence-corrected chi connectivity index (χ4v) is 5.06. The number of aromatic nitrogens is 1. The molecule has 0 radical (unpaired) electrons. The van der Waals surface area contributed by atoms with E-state index in [0.29, 0.717) is 35.4 Å². The number of amides is 1.